The Morgan fingerprint density at radius 3 is 2.29 bits per heavy atom. The summed E-state index contributed by atoms with van der Waals surface area (Å²) >= 11 is 0. The summed E-state index contributed by atoms with van der Waals surface area (Å²) in [5.74, 6) is -1.40. The largest absolute Gasteiger partial charge is 0.573 e. The van der Waals surface area contributed by atoms with Crippen molar-refractivity contribution in [1.29, 1.82) is 0 Å². The molecule has 0 aliphatic heterocycles. The van der Waals surface area contributed by atoms with E-state index >= 15 is 0 Å². The van der Waals surface area contributed by atoms with Crippen LogP contribution in [-0.2, 0) is 4.74 Å². The van der Waals surface area contributed by atoms with Gasteiger partial charge >= 0.3 is 12.5 Å². The molecule has 2 N–H and O–H groups in total. The molecule has 1 amide bonds. The Hall–Kier alpha value is -2.81. The van der Waals surface area contributed by atoms with Gasteiger partial charge in [0.15, 0.2) is 0 Å². The molecule has 0 aliphatic carbocycles. The maximum Gasteiger partial charge on any atom is 0.573 e. The molecule has 0 bridgehead atoms. The van der Waals surface area contributed by atoms with E-state index in [9.17, 15) is 27.5 Å². The van der Waals surface area contributed by atoms with Gasteiger partial charge in [-0.25, -0.2) is 9.18 Å². The number of benzene rings is 2. The summed E-state index contributed by atoms with van der Waals surface area (Å²) in [6.45, 7) is 4.88. The van der Waals surface area contributed by atoms with Crippen LogP contribution in [0, 0.1) is 5.82 Å². The van der Waals surface area contributed by atoms with E-state index in [1.54, 1.807) is 20.8 Å². The molecule has 1 atom stereocenters. The number of anilines is 1. The van der Waals surface area contributed by atoms with Crippen molar-refractivity contribution < 1.29 is 36.9 Å². The van der Waals surface area contributed by atoms with Crippen LogP contribution in [0.5, 0.6) is 5.75 Å². The van der Waals surface area contributed by atoms with Crippen LogP contribution in [0.4, 0.5) is 28.0 Å². The standard InChI is InChI=1S/C19H19F4NO4/c1-18(2,3)28-17(26)24-15-9-8-11(27-19(21,22)23)10-13(15)16(25)12-6-4-5-7-14(12)20/h4-10,16,25H,1-3H3,(H,24,26)/t16-/m1/s1. The highest BCUT2D eigenvalue weighted by Crippen LogP contribution is 2.34. The molecule has 0 aromatic heterocycles. The number of rotatable bonds is 4. The van der Waals surface area contributed by atoms with Crippen molar-refractivity contribution in [2.45, 2.75) is 38.8 Å². The van der Waals surface area contributed by atoms with Crippen LogP contribution in [0.2, 0.25) is 0 Å². The molecule has 9 heteroatoms. The fourth-order valence-corrected chi connectivity index (χ4v) is 2.36. The van der Waals surface area contributed by atoms with Crippen molar-refractivity contribution in [2.75, 3.05) is 5.32 Å². The van der Waals surface area contributed by atoms with Gasteiger partial charge in [-0.3, -0.25) is 5.32 Å². The number of amides is 1. The van der Waals surface area contributed by atoms with Gasteiger partial charge in [-0.1, -0.05) is 18.2 Å². The second-order valence-electron chi connectivity index (χ2n) is 6.85. The maximum absolute atomic E-state index is 14.0. The third kappa shape index (κ3) is 6.12. The lowest BCUT2D eigenvalue weighted by Crippen LogP contribution is -2.27. The Morgan fingerprint density at radius 1 is 1.07 bits per heavy atom. The fourth-order valence-electron chi connectivity index (χ4n) is 2.36. The molecule has 0 spiro atoms. The highest BCUT2D eigenvalue weighted by atomic mass is 19.4. The first-order chi connectivity index (χ1) is 12.9. The van der Waals surface area contributed by atoms with Gasteiger partial charge in [-0.15, -0.1) is 13.2 Å². The molecular weight excluding hydrogens is 382 g/mol. The molecule has 2 aromatic rings. The second-order valence-corrected chi connectivity index (χ2v) is 6.85. The lowest BCUT2D eigenvalue weighted by molar-refractivity contribution is -0.274. The number of hydrogen-bond donors (Lipinski definition) is 2. The van der Waals surface area contributed by atoms with Crippen molar-refractivity contribution in [2.24, 2.45) is 0 Å². The summed E-state index contributed by atoms with van der Waals surface area (Å²) in [4.78, 5) is 12.0. The molecule has 0 radical (unpaired) electrons. The van der Waals surface area contributed by atoms with Gasteiger partial charge in [0.25, 0.3) is 0 Å². The summed E-state index contributed by atoms with van der Waals surface area (Å²) in [5.41, 5.74) is -1.26. The predicted molar refractivity (Wildman–Crippen MR) is 93.4 cm³/mol. The van der Waals surface area contributed by atoms with Gasteiger partial charge in [0.2, 0.25) is 0 Å². The topological polar surface area (TPSA) is 67.8 Å². The Balaban J connectivity index is 2.44. The van der Waals surface area contributed by atoms with Crippen LogP contribution in [0.15, 0.2) is 42.5 Å². The van der Waals surface area contributed by atoms with E-state index in [4.69, 9.17) is 4.74 Å². The first-order valence-corrected chi connectivity index (χ1v) is 8.18. The van der Waals surface area contributed by atoms with Crippen LogP contribution in [0.3, 0.4) is 0 Å². The molecule has 0 aliphatic rings. The predicted octanol–water partition coefficient (Wildman–Crippen LogP) is 5.15. The van der Waals surface area contributed by atoms with E-state index in [-0.39, 0.29) is 16.8 Å². The van der Waals surface area contributed by atoms with E-state index in [0.29, 0.717) is 0 Å². The fraction of sp³-hybridized carbons (Fsp3) is 0.316. The number of alkyl halides is 3. The van der Waals surface area contributed by atoms with E-state index in [1.807, 2.05) is 0 Å². The average molecular weight is 401 g/mol. The van der Waals surface area contributed by atoms with Crippen molar-refractivity contribution in [3.05, 3.63) is 59.4 Å². The van der Waals surface area contributed by atoms with Gasteiger partial charge in [0, 0.05) is 11.1 Å². The number of hydrogen-bond acceptors (Lipinski definition) is 4. The lowest BCUT2D eigenvalue weighted by atomic mass is 9.99. The number of halogens is 4. The summed E-state index contributed by atoms with van der Waals surface area (Å²) in [7, 11) is 0. The highest BCUT2D eigenvalue weighted by Gasteiger charge is 2.32. The van der Waals surface area contributed by atoms with Crippen LogP contribution in [0.1, 0.15) is 38.0 Å². The Labute approximate surface area is 158 Å². The normalized spacial score (nSPS) is 13.0. The van der Waals surface area contributed by atoms with Crippen molar-refractivity contribution in [3.63, 3.8) is 0 Å². The van der Waals surface area contributed by atoms with Crippen molar-refractivity contribution >= 4 is 11.8 Å². The molecule has 0 unspecified atom stereocenters. The SMILES string of the molecule is CC(C)(C)OC(=O)Nc1ccc(OC(F)(F)F)cc1[C@H](O)c1ccccc1F. The number of aliphatic hydroxyl groups is 1. The Bertz CT molecular complexity index is 847. The monoisotopic (exact) mass is 401 g/mol. The van der Waals surface area contributed by atoms with Crippen LogP contribution >= 0.6 is 0 Å². The van der Waals surface area contributed by atoms with Crippen LogP contribution < -0.4 is 10.1 Å². The number of carbonyl (C=O) groups is 1. The Kier molecular flexibility index (Phi) is 6.18. The summed E-state index contributed by atoms with van der Waals surface area (Å²) in [6.07, 6.45) is -7.51. The number of nitrogens with one attached hydrogen (secondary N) is 1. The van der Waals surface area contributed by atoms with Gasteiger partial charge in [-0.05, 0) is 45.0 Å². The third-order valence-corrected chi connectivity index (χ3v) is 3.39. The van der Waals surface area contributed by atoms with Crippen LogP contribution in [-0.4, -0.2) is 23.2 Å². The highest BCUT2D eigenvalue weighted by molar-refractivity contribution is 5.86. The molecule has 2 rings (SSSR count). The minimum absolute atomic E-state index is 0.0560. The number of carbonyl (C=O) groups excluding carboxylic acids is 1. The zero-order chi connectivity index (χ0) is 21.1. The van der Waals surface area contributed by atoms with E-state index in [1.165, 1.54) is 18.2 Å². The second kappa shape index (κ2) is 8.05. The Morgan fingerprint density at radius 2 is 1.71 bits per heavy atom. The van der Waals surface area contributed by atoms with Crippen molar-refractivity contribution in [1.82, 2.24) is 0 Å². The van der Waals surface area contributed by atoms with Gasteiger partial charge < -0.3 is 14.6 Å². The summed E-state index contributed by atoms with van der Waals surface area (Å²) in [6, 6.07) is 8.15. The van der Waals surface area contributed by atoms with Gasteiger partial charge in [0.1, 0.15) is 23.3 Å². The zero-order valence-electron chi connectivity index (χ0n) is 15.3. The van der Waals surface area contributed by atoms with E-state index in [2.05, 4.69) is 10.1 Å². The molecule has 28 heavy (non-hydrogen) atoms. The van der Waals surface area contributed by atoms with Crippen molar-refractivity contribution in [3.8, 4) is 5.75 Å². The number of ether oxygens (including phenoxy) is 2. The molecule has 0 saturated heterocycles. The quantitative estimate of drug-likeness (QED) is 0.695. The smallest absolute Gasteiger partial charge is 0.444 e. The van der Waals surface area contributed by atoms with Gasteiger partial charge in [-0.2, -0.15) is 0 Å². The minimum Gasteiger partial charge on any atom is -0.444 e. The van der Waals surface area contributed by atoms with Gasteiger partial charge in [0.05, 0.1) is 5.69 Å². The first kappa shape index (κ1) is 21.5. The number of aliphatic hydroxyl groups excluding tert-OH is 1. The minimum atomic E-state index is -4.96. The molecule has 0 fully saturated rings. The maximum atomic E-state index is 14.0. The third-order valence-electron chi connectivity index (χ3n) is 3.39. The average Bonchev–Trinajstić information content (AvgIpc) is 2.53. The lowest BCUT2D eigenvalue weighted by Gasteiger charge is -2.22. The van der Waals surface area contributed by atoms with E-state index < -0.39 is 35.7 Å². The molecule has 5 nitrogen and oxygen atoms in total. The molecule has 0 heterocycles. The molecule has 152 valence electrons. The van der Waals surface area contributed by atoms with Crippen LogP contribution in [0.25, 0.3) is 0 Å². The summed E-state index contributed by atoms with van der Waals surface area (Å²) < 4.78 is 60.6. The first-order valence-electron chi connectivity index (χ1n) is 8.18. The molecule has 2 aromatic carbocycles. The molecule has 0 saturated carbocycles. The zero-order valence-corrected chi connectivity index (χ0v) is 15.3. The van der Waals surface area contributed by atoms with E-state index in [0.717, 1.165) is 24.3 Å². The summed E-state index contributed by atoms with van der Waals surface area (Å²) in [5, 5.41) is 12.9. The molecular formula is C19H19F4NO4.